The summed E-state index contributed by atoms with van der Waals surface area (Å²) in [6.45, 7) is 4.05. The van der Waals surface area contributed by atoms with Gasteiger partial charge < -0.3 is 9.67 Å². The summed E-state index contributed by atoms with van der Waals surface area (Å²) in [5.41, 5.74) is 1.09. The minimum Gasteiger partial charge on any atom is -0.462 e. The normalized spacial score (nSPS) is 12.1. The van der Waals surface area contributed by atoms with E-state index in [2.05, 4.69) is 12.8 Å². The molecule has 0 spiro atoms. The fourth-order valence-electron chi connectivity index (χ4n) is 1.49. The van der Waals surface area contributed by atoms with E-state index in [1.807, 2.05) is 34.9 Å². The molecule has 0 aliphatic rings. The summed E-state index contributed by atoms with van der Waals surface area (Å²) in [5.74, 6) is 0. The molecule has 1 aromatic heterocycles. The van der Waals surface area contributed by atoms with Gasteiger partial charge in [0.2, 0.25) is 0 Å². The molecule has 3 heteroatoms. The number of fused-ring (bicyclic) bond motifs is 1. The van der Waals surface area contributed by atoms with E-state index in [1.165, 1.54) is 6.08 Å². The number of hydrogen-bond donors (Lipinski definition) is 1. The van der Waals surface area contributed by atoms with Gasteiger partial charge in [-0.05, 0) is 0 Å². The van der Waals surface area contributed by atoms with Crippen molar-refractivity contribution in [2.24, 2.45) is 0 Å². The van der Waals surface area contributed by atoms with Crippen LogP contribution in [0.4, 0.5) is 0 Å². The van der Waals surface area contributed by atoms with Crippen LogP contribution in [0.3, 0.4) is 0 Å². The van der Waals surface area contributed by atoms with Crippen molar-refractivity contribution >= 4 is 10.9 Å². The molecular formula is C12H12NOY-. The number of aliphatic hydroxyl groups is 1. The summed E-state index contributed by atoms with van der Waals surface area (Å²) >= 11 is 0. The van der Waals surface area contributed by atoms with Crippen LogP contribution >= 0.6 is 0 Å². The number of aliphatic hydroxyl groups excluding tert-OH is 1. The van der Waals surface area contributed by atoms with E-state index in [0.717, 1.165) is 10.9 Å². The van der Waals surface area contributed by atoms with Crippen LogP contribution < -0.4 is 0 Å². The second-order valence-electron chi connectivity index (χ2n) is 3.25. The third-order valence-electron chi connectivity index (χ3n) is 2.25. The number of aromatic nitrogens is 1. The third kappa shape index (κ3) is 2.78. The van der Waals surface area contributed by atoms with E-state index in [-0.39, 0.29) is 32.7 Å². The minimum absolute atomic E-state index is 0. The van der Waals surface area contributed by atoms with Crippen molar-refractivity contribution in [3.05, 3.63) is 49.2 Å². The van der Waals surface area contributed by atoms with E-state index in [9.17, 15) is 5.11 Å². The van der Waals surface area contributed by atoms with Crippen molar-refractivity contribution in [2.75, 3.05) is 0 Å². The first kappa shape index (κ1) is 12.6. The first-order valence-electron chi connectivity index (χ1n) is 4.58. The Kier molecular flexibility index (Phi) is 4.71. The maximum absolute atomic E-state index is 9.43. The van der Waals surface area contributed by atoms with Gasteiger partial charge in [-0.3, -0.25) is 0 Å². The minimum atomic E-state index is -0.512. The monoisotopic (exact) mass is 275 g/mol. The van der Waals surface area contributed by atoms with Crippen LogP contribution in [0.5, 0.6) is 0 Å². The van der Waals surface area contributed by atoms with Crippen LogP contribution in [-0.4, -0.2) is 15.8 Å². The molecule has 0 fully saturated rings. The number of nitrogens with zero attached hydrogens (tertiary/aromatic N) is 1. The Balaban J connectivity index is 0.00000112. The number of hydrogen-bond acceptors (Lipinski definition) is 1. The number of benzene rings is 1. The average molecular weight is 275 g/mol. The Morgan fingerprint density at radius 1 is 1.47 bits per heavy atom. The molecule has 2 rings (SSSR count). The number of rotatable bonds is 3. The quantitative estimate of drug-likeness (QED) is 0.672. The van der Waals surface area contributed by atoms with Gasteiger partial charge in [-0.1, -0.05) is 18.2 Å². The Morgan fingerprint density at radius 2 is 2.20 bits per heavy atom. The summed E-state index contributed by atoms with van der Waals surface area (Å²) < 4.78 is 1.90. The predicted octanol–water partition coefficient (Wildman–Crippen LogP) is 1.99. The van der Waals surface area contributed by atoms with Crippen molar-refractivity contribution in [2.45, 2.75) is 12.6 Å². The zero-order chi connectivity index (χ0) is 9.97. The molecule has 0 bridgehead atoms. The maximum atomic E-state index is 9.43. The second kappa shape index (κ2) is 5.59. The largest absolute Gasteiger partial charge is 0.462 e. The molecule has 0 saturated carbocycles. The van der Waals surface area contributed by atoms with Crippen molar-refractivity contribution in [1.82, 2.24) is 4.57 Å². The van der Waals surface area contributed by atoms with Crippen LogP contribution in [-0.2, 0) is 39.3 Å². The second-order valence-corrected chi connectivity index (χ2v) is 3.25. The Bertz CT molecular complexity index is 450. The fourth-order valence-corrected chi connectivity index (χ4v) is 1.49. The molecule has 1 N–H and O–H groups in total. The van der Waals surface area contributed by atoms with Crippen LogP contribution in [0.2, 0.25) is 0 Å². The van der Waals surface area contributed by atoms with Gasteiger partial charge in [0.1, 0.15) is 0 Å². The van der Waals surface area contributed by atoms with Crippen molar-refractivity contribution < 1.29 is 37.8 Å². The molecule has 75 valence electrons. The number of para-hydroxylation sites is 1. The summed E-state index contributed by atoms with van der Waals surface area (Å²) in [5, 5.41) is 10.6. The van der Waals surface area contributed by atoms with Crippen LogP contribution in [0.25, 0.3) is 10.9 Å². The van der Waals surface area contributed by atoms with Crippen LogP contribution in [0.15, 0.2) is 43.0 Å². The van der Waals surface area contributed by atoms with Gasteiger partial charge in [0.15, 0.2) is 0 Å². The molecule has 1 aromatic carbocycles. The topological polar surface area (TPSA) is 25.2 Å². The zero-order valence-corrected chi connectivity index (χ0v) is 11.3. The first-order valence-corrected chi connectivity index (χ1v) is 4.58. The molecule has 0 unspecified atom stereocenters. The van der Waals surface area contributed by atoms with Gasteiger partial charge in [0, 0.05) is 39.3 Å². The Hall–Kier alpha value is -0.436. The molecule has 0 amide bonds. The first-order chi connectivity index (χ1) is 6.81. The Morgan fingerprint density at radius 3 is 2.93 bits per heavy atom. The molecular weight excluding hydrogens is 263 g/mol. The molecule has 0 aliphatic carbocycles. The summed E-state index contributed by atoms with van der Waals surface area (Å²) in [7, 11) is 0. The molecule has 0 saturated heterocycles. The van der Waals surface area contributed by atoms with Crippen LogP contribution in [0.1, 0.15) is 0 Å². The molecule has 0 aliphatic heterocycles. The van der Waals surface area contributed by atoms with E-state index in [1.54, 1.807) is 0 Å². The van der Waals surface area contributed by atoms with Gasteiger partial charge in [0.25, 0.3) is 0 Å². The van der Waals surface area contributed by atoms with E-state index >= 15 is 0 Å². The van der Waals surface area contributed by atoms with Gasteiger partial charge in [-0.25, -0.2) is 0 Å². The summed E-state index contributed by atoms with van der Waals surface area (Å²) in [6.07, 6.45) is 4.11. The van der Waals surface area contributed by atoms with Gasteiger partial charge in [-0.15, -0.1) is 30.4 Å². The summed E-state index contributed by atoms with van der Waals surface area (Å²) in [4.78, 5) is 0. The smallest absolute Gasteiger partial charge is 0.0876 e. The third-order valence-corrected chi connectivity index (χ3v) is 2.25. The summed E-state index contributed by atoms with van der Waals surface area (Å²) in [6, 6.07) is 9.94. The van der Waals surface area contributed by atoms with E-state index < -0.39 is 6.10 Å². The van der Waals surface area contributed by atoms with Crippen molar-refractivity contribution in [3.8, 4) is 0 Å². The van der Waals surface area contributed by atoms with Gasteiger partial charge in [-0.2, -0.15) is 11.5 Å². The van der Waals surface area contributed by atoms with E-state index in [0.29, 0.717) is 6.54 Å². The molecule has 2 nitrogen and oxygen atoms in total. The molecule has 1 radical (unpaired) electrons. The standard InChI is InChI=1S/C12H12NO.Y/c1-2-11(14)9-13-8-7-10-5-3-4-6-12(10)13;/h2-7,11,14H,1,9H2;/q-1;/t11-;/m0./s1. The Labute approximate surface area is 114 Å². The van der Waals surface area contributed by atoms with Crippen LogP contribution in [0, 0.1) is 6.20 Å². The molecule has 1 heterocycles. The van der Waals surface area contributed by atoms with Crippen molar-refractivity contribution in [1.29, 1.82) is 0 Å². The van der Waals surface area contributed by atoms with Gasteiger partial charge in [0.05, 0.1) is 6.10 Å². The zero-order valence-electron chi connectivity index (χ0n) is 8.43. The predicted molar refractivity (Wildman–Crippen MR) is 57.0 cm³/mol. The molecule has 15 heavy (non-hydrogen) atoms. The fraction of sp³-hybridized carbons (Fsp3) is 0.167. The van der Waals surface area contributed by atoms with Crippen molar-refractivity contribution in [3.63, 3.8) is 0 Å². The maximum Gasteiger partial charge on any atom is 0.0876 e. The average Bonchev–Trinajstić information content (AvgIpc) is 2.62. The molecule has 1 atom stereocenters. The van der Waals surface area contributed by atoms with E-state index in [4.69, 9.17) is 0 Å². The van der Waals surface area contributed by atoms with Gasteiger partial charge >= 0.3 is 0 Å². The SMILES string of the molecule is C=C[C@H](O)Cn1[c-]cc2ccccc21.[Y]. The molecule has 2 aromatic rings.